The van der Waals surface area contributed by atoms with Crippen molar-refractivity contribution in [2.45, 2.75) is 13.8 Å². The van der Waals surface area contributed by atoms with Gasteiger partial charge in [-0.25, -0.2) is 4.98 Å². The molecule has 1 saturated carbocycles. The van der Waals surface area contributed by atoms with E-state index in [-0.39, 0.29) is 5.91 Å². The molecule has 2 unspecified atom stereocenters. The van der Waals surface area contributed by atoms with Gasteiger partial charge in [-0.15, -0.1) is 0 Å². The monoisotopic (exact) mass is 328 g/mol. The van der Waals surface area contributed by atoms with Crippen molar-refractivity contribution in [3.05, 3.63) is 23.9 Å². The molecule has 2 heterocycles. The number of aromatic nitrogens is 1. The Hall–Kier alpha value is -2.62. The fourth-order valence-electron chi connectivity index (χ4n) is 3.63. The Labute approximate surface area is 140 Å². The third-order valence-corrected chi connectivity index (χ3v) is 5.16. The fourth-order valence-corrected chi connectivity index (χ4v) is 3.63. The van der Waals surface area contributed by atoms with Crippen molar-refractivity contribution >= 4 is 17.7 Å². The van der Waals surface area contributed by atoms with Gasteiger partial charge >= 0.3 is 5.97 Å². The number of carbonyl (C=O) groups is 2. The maximum Gasteiger partial charge on any atom is 0.307 e. The minimum atomic E-state index is -0.899. The summed E-state index contributed by atoms with van der Waals surface area (Å²) in [4.78, 5) is 31.9. The minimum Gasteiger partial charge on any atom is -0.481 e. The zero-order chi connectivity index (χ0) is 17.5. The van der Waals surface area contributed by atoms with Gasteiger partial charge in [-0.05, 0) is 17.5 Å². The van der Waals surface area contributed by atoms with E-state index in [9.17, 15) is 20.0 Å². The van der Waals surface area contributed by atoms with Gasteiger partial charge in [0.25, 0.3) is 0 Å². The molecule has 7 nitrogen and oxygen atoms in total. The van der Waals surface area contributed by atoms with Gasteiger partial charge in [0.2, 0.25) is 5.91 Å². The average molecular weight is 328 g/mol. The van der Waals surface area contributed by atoms with E-state index in [1.165, 1.54) is 0 Å². The molecular weight excluding hydrogens is 308 g/mol. The molecular formula is C17H20N4O3. The Morgan fingerprint density at radius 2 is 1.96 bits per heavy atom. The summed E-state index contributed by atoms with van der Waals surface area (Å²) in [6.45, 7) is 5.86. The van der Waals surface area contributed by atoms with Crippen LogP contribution in [0.4, 0.5) is 5.82 Å². The number of carbonyl (C=O) groups excluding carboxylic acids is 1. The van der Waals surface area contributed by atoms with E-state index in [2.05, 4.69) is 11.1 Å². The normalized spacial score (nSPS) is 25.0. The minimum absolute atomic E-state index is 0.0754. The number of hydrogen-bond acceptors (Lipinski definition) is 5. The fraction of sp³-hybridized carbons (Fsp3) is 0.529. The van der Waals surface area contributed by atoms with Crippen molar-refractivity contribution < 1.29 is 14.7 Å². The lowest BCUT2D eigenvalue weighted by atomic mass is 10.1. The van der Waals surface area contributed by atoms with Gasteiger partial charge in [-0.1, -0.05) is 13.8 Å². The number of nitrogens with zero attached hydrogens (tertiary/aromatic N) is 4. The van der Waals surface area contributed by atoms with Crippen molar-refractivity contribution in [2.75, 3.05) is 31.1 Å². The molecule has 24 heavy (non-hydrogen) atoms. The molecule has 2 fully saturated rings. The lowest BCUT2D eigenvalue weighted by Crippen LogP contribution is -2.50. The van der Waals surface area contributed by atoms with Crippen LogP contribution in [0.3, 0.4) is 0 Å². The van der Waals surface area contributed by atoms with E-state index in [0.29, 0.717) is 37.6 Å². The summed E-state index contributed by atoms with van der Waals surface area (Å²) in [6, 6.07) is 5.59. The number of carboxylic acids is 1. The van der Waals surface area contributed by atoms with Gasteiger partial charge < -0.3 is 14.9 Å². The molecule has 1 aliphatic heterocycles. The van der Waals surface area contributed by atoms with Crippen LogP contribution in [0.2, 0.25) is 0 Å². The van der Waals surface area contributed by atoms with E-state index in [4.69, 9.17) is 0 Å². The molecule has 1 amide bonds. The highest BCUT2D eigenvalue weighted by atomic mass is 16.4. The average Bonchev–Trinajstić information content (AvgIpc) is 3.17. The Morgan fingerprint density at radius 1 is 1.29 bits per heavy atom. The molecule has 1 aromatic rings. The first kappa shape index (κ1) is 16.2. The lowest BCUT2D eigenvalue weighted by molar-refractivity contribution is -0.142. The lowest BCUT2D eigenvalue weighted by Gasteiger charge is -2.36. The number of pyridine rings is 1. The Balaban J connectivity index is 1.65. The highest BCUT2D eigenvalue weighted by molar-refractivity contribution is 5.91. The maximum absolute atomic E-state index is 12.6. The summed E-state index contributed by atoms with van der Waals surface area (Å²) in [5.74, 6) is -1.37. The van der Waals surface area contributed by atoms with E-state index in [0.717, 1.165) is 0 Å². The Kier molecular flexibility index (Phi) is 3.91. The first-order chi connectivity index (χ1) is 11.4. The second-order valence-corrected chi connectivity index (χ2v) is 6.91. The molecule has 0 radical (unpaired) electrons. The van der Waals surface area contributed by atoms with Crippen molar-refractivity contribution in [1.29, 1.82) is 5.26 Å². The van der Waals surface area contributed by atoms with E-state index in [1.807, 2.05) is 18.7 Å². The van der Waals surface area contributed by atoms with Gasteiger partial charge in [0.05, 0.1) is 17.4 Å². The van der Waals surface area contributed by atoms with Crippen LogP contribution in [0, 0.1) is 28.6 Å². The third kappa shape index (κ3) is 2.58. The molecule has 0 bridgehead atoms. The number of nitriles is 1. The summed E-state index contributed by atoms with van der Waals surface area (Å²) < 4.78 is 0. The van der Waals surface area contributed by atoms with E-state index < -0.39 is 23.2 Å². The SMILES string of the molecule is CC1(C)C(C(=O)O)C1C(=O)N1CCN(c2ncccc2C#N)CC1. The van der Waals surface area contributed by atoms with E-state index >= 15 is 0 Å². The first-order valence-electron chi connectivity index (χ1n) is 7.99. The number of piperazine rings is 1. The van der Waals surface area contributed by atoms with Crippen molar-refractivity contribution in [2.24, 2.45) is 17.3 Å². The molecule has 2 atom stereocenters. The zero-order valence-electron chi connectivity index (χ0n) is 13.8. The van der Waals surface area contributed by atoms with Crippen LogP contribution >= 0.6 is 0 Å². The second-order valence-electron chi connectivity index (χ2n) is 6.91. The smallest absolute Gasteiger partial charge is 0.307 e. The molecule has 1 aliphatic carbocycles. The molecule has 2 aliphatic rings. The van der Waals surface area contributed by atoms with Crippen LogP contribution in [0.5, 0.6) is 0 Å². The van der Waals surface area contributed by atoms with Gasteiger partial charge in [-0.3, -0.25) is 9.59 Å². The zero-order valence-corrected chi connectivity index (χ0v) is 13.8. The summed E-state index contributed by atoms with van der Waals surface area (Å²) in [5, 5.41) is 18.4. The summed E-state index contributed by atoms with van der Waals surface area (Å²) >= 11 is 0. The standard InChI is InChI=1S/C17H20N4O3/c1-17(2)12(13(17)16(23)24)15(22)21-8-6-20(7-9-21)14-11(10-18)4-3-5-19-14/h3-5,12-13H,6-9H2,1-2H3,(H,23,24). The molecule has 1 N–H and O–H groups in total. The van der Waals surface area contributed by atoms with Crippen molar-refractivity contribution in [1.82, 2.24) is 9.88 Å². The second kappa shape index (κ2) is 5.78. The number of rotatable bonds is 3. The predicted molar refractivity (Wildman–Crippen MR) is 86.1 cm³/mol. The van der Waals surface area contributed by atoms with Gasteiger partial charge in [-0.2, -0.15) is 5.26 Å². The molecule has 3 rings (SSSR count). The first-order valence-corrected chi connectivity index (χ1v) is 7.99. The van der Waals surface area contributed by atoms with E-state index in [1.54, 1.807) is 23.2 Å². The Morgan fingerprint density at radius 3 is 2.50 bits per heavy atom. The third-order valence-electron chi connectivity index (χ3n) is 5.16. The van der Waals surface area contributed by atoms with Crippen LogP contribution in [-0.2, 0) is 9.59 Å². The maximum atomic E-state index is 12.6. The predicted octanol–water partition coefficient (Wildman–Crippen LogP) is 0.959. The number of carboxylic acid groups (broad SMARTS) is 1. The Bertz CT molecular complexity index is 717. The topological polar surface area (TPSA) is 97.5 Å². The molecule has 1 aromatic heterocycles. The molecule has 7 heteroatoms. The molecule has 1 saturated heterocycles. The number of amides is 1. The van der Waals surface area contributed by atoms with Gasteiger partial charge in [0.1, 0.15) is 11.9 Å². The van der Waals surface area contributed by atoms with Crippen molar-refractivity contribution in [3.8, 4) is 6.07 Å². The quantitative estimate of drug-likeness (QED) is 0.887. The summed E-state index contributed by atoms with van der Waals surface area (Å²) in [6.07, 6.45) is 1.65. The van der Waals surface area contributed by atoms with Gasteiger partial charge in [0.15, 0.2) is 0 Å². The highest BCUT2D eigenvalue weighted by Crippen LogP contribution is 2.59. The molecule has 0 aromatic carbocycles. The van der Waals surface area contributed by atoms with Crippen LogP contribution in [0.1, 0.15) is 19.4 Å². The van der Waals surface area contributed by atoms with Gasteiger partial charge in [0, 0.05) is 32.4 Å². The van der Waals surface area contributed by atoms with Crippen LogP contribution in [-0.4, -0.2) is 53.0 Å². The van der Waals surface area contributed by atoms with Crippen LogP contribution in [0.15, 0.2) is 18.3 Å². The number of hydrogen-bond donors (Lipinski definition) is 1. The number of aliphatic carboxylic acids is 1. The summed E-state index contributed by atoms with van der Waals surface area (Å²) in [7, 11) is 0. The largest absolute Gasteiger partial charge is 0.481 e. The number of anilines is 1. The highest BCUT2D eigenvalue weighted by Gasteiger charge is 2.66. The van der Waals surface area contributed by atoms with Crippen molar-refractivity contribution in [3.63, 3.8) is 0 Å². The molecule has 0 spiro atoms. The van der Waals surface area contributed by atoms with Crippen LogP contribution < -0.4 is 4.90 Å². The summed E-state index contributed by atoms with van der Waals surface area (Å²) in [5.41, 5.74) is 0.0428. The molecule has 126 valence electrons. The van der Waals surface area contributed by atoms with Crippen LogP contribution in [0.25, 0.3) is 0 Å².